The zero-order valence-electron chi connectivity index (χ0n) is 11.8. The van der Waals surface area contributed by atoms with E-state index in [2.05, 4.69) is 25.5 Å². The number of hydrogen-bond donors (Lipinski definition) is 1. The van der Waals surface area contributed by atoms with Crippen molar-refractivity contribution in [1.29, 1.82) is 0 Å². The molecule has 3 heterocycles. The number of fused-ring (bicyclic) bond motifs is 1. The second-order valence-electron chi connectivity index (χ2n) is 4.57. The molecule has 0 radical (unpaired) electrons. The minimum Gasteiger partial charge on any atom is -0.341 e. The van der Waals surface area contributed by atoms with Gasteiger partial charge in [-0.15, -0.1) is 5.10 Å². The van der Waals surface area contributed by atoms with Crippen molar-refractivity contribution < 1.29 is 4.79 Å². The van der Waals surface area contributed by atoms with Crippen LogP contribution in [0.3, 0.4) is 0 Å². The van der Waals surface area contributed by atoms with Crippen LogP contribution in [0.2, 0.25) is 0 Å². The molecule has 8 heteroatoms. The lowest BCUT2D eigenvalue weighted by atomic mass is 10.2. The highest BCUT2D eigenvalue weighted by Crippen LogP contribution is 2.12. The third-order valence-electron chi connectivity index (χ3n) is 3.16. The van der Waals surface area contributed by atoms with Crippen molar-refractivity contribution in [3.8, 4) is 0 Å². The fraction of sp³-hybridized carbons (Fsp3) is 0.308. The average molecular weight is 285 g/mol. The van der Waals surface area contributed by atoms with Gasteiger partial charge >= 0.3 is 0 Å². The summed E-state index contributed by atoms with van der Waals surface area (Å²) in [5.74, 6) is 0.161. The van der Waals surface area contributed by atoms with Crippen LogP contribution in [0.25, 0.3) is 5.78 Å². The summed E-state index contributed by atoms with van der Waals surface area (Å²) in [5.41, 5.74) is 0.938. The SMILES string of the molecule is CCn1nccc1C(C)NC(=O)c1nc2ncccn2n1. The van der Waals surface area contributed by atoms with Gasteiger partial charge in [-0.1, -0.05) is 0 Å². The van der Waals surface area contributed by atoms with Crippen molar-refractivity contribution >= 4 is 11.7 Å². The molecule has 8 nitrogen and oxygen atoms in total. The fourth-order valence-corrected chi connectivity index (χ4v) is 2.14. The van der Waals surface area contributed by atoms with E-state index >= 15 is 0 Å². The molecule has 108 valence electrons. The molecular formula is C13H15N7O. The van der Waals surface area contributed by atoms with Gasteiger partial charge in [0.2, 0.25) is 5.82 Å². The second-order valence-corrected chi connectivity index (χ2v) is 4.57. The van der Waals surface area contributed by atoms with Crippen LogP contribution >= 0.6 is 0 Å². The summed E-state index contributed by atoms with van der Waals surface area (Å²) in [6.45, 7) is 4.65. The molecule has 0 aromatic carbocycles. The molecule has 0 fully saturated rings. The number of nitrogens with one attached hydrogen (secondary N) is 1. The molecule has 0 saturated carbocycles. The van der Waals surface area contributed by atoms with Crippen LogP contribution in [0.15, 0.2) is 30.7 Å². The Labute approximate surface area is 120 Å². The van der Waals surface area contributed by atoms with Crippen molar-refractivity contribution in [2.24, 2.45) is 0 Å². The lowest BCUT2D eigenvalue weighted by Gasteiger charge is -2.14. The third kappa shape index (κ3) is 2.47. The van der Waals surface area contributed by atoms with Crippen molar-refractivity contribution in [1.82, 2.24) is 34.7 Å². The summed E-state index contributed by atoms with van der Waals surface area (Å²) in [4.78, 5) is 20.3. The highest BCUT2D eigenvalue weighted by molar-refractivity contribution is 5.91. The van der Waals surface area contributed by atoms with E-state index in [9.17, 15) is 4.79 Å². The Morgan fingerprint density at radius 2 is 2.29 bits per heavy atom. The number of rotatable bonds is 4. The summed E-state index contributed by atoms with van der Waals surface area (Å²) in [7, 11) is 0. The Hall–Kier alpha value is -2.77. The van der Waals surface area contributed by atoms with Crippen molar-refractivity contribution in [3.05, 3.63) is 42.2 Å². The van der Waals surface area contributed by atoms with E-state index in [1.807, 2.05) is 24.6 Å². The van der Waals surface area contributed by atoms with Gasteiger partial charge in [0.05, 0.1) is 11.7 Å². The van der Waals surface area contributed by atoms with Gasteiger partial charge in [0.25, 0.3) is 11.7 Å². The van der Waals surface area contributed by atoms with Gasteiger partial charge in [0, 0.05) is 25.1 Å². The minimum atomic E-state index is -0.336. The predicted octanol–water partition coefficient (Wildman–Crippen LogP) is 0.832. The summed E-state index contributed by atoms with van der Waals surface area (Å²) >= 11 is 0. The molecule has 1 amide bonds. The summed E-state index contributed by atoms with van der Waals surface area (Å²) < 4.78 is 3.31. The Bertz CT molecular complexity index is 743. The Balaban J connectivity index is 1.79. The molecule has 0 aliphatic carbocycles. The van der Waals surface area contributed by atoms with Crippen LogP contribution in [0.1, 0.15) is 36.2 Å². The molecule has 3 aromatic rings. The molecule has 1 N–H and O–H groups in total. The number of aromatic nitrogens is 6. The van der Waals surface area contributed by atoms with Crippen LogP contribution in [0.5, 0.6) is 0 Å². The highest BCUT2D eigenvalue weighted by atomic mass is 16.2. The van der Waals surface area contributed by atoms with Gasteiger partial charge in [0.15, 0.2) is 0 Å². The molecule has 3 aromatic heterocycles. The van der Waals surface area contributed by atoms with Crippen molar-refractivity contribution in [2.75, 3.05) is 0 Å². The van der Waals surface area contributed by atoms with E-state index in [0.717, 1.165) is 12.2 Å². The maximum Gasteiger partial charge on any atom is 0.291 e. The number of carbonyl (C=O) groups excluding carboxylic acids is 1. The molecule has 21 heavy (non-hydrogen) atoms. The zero-order chi connectivity index (χ0) is 14.8. The van der Waals surface area contributed by atoms with E-state index in [1.54, 1.807) is 24.7 Å². The van der Waals surface area contributed by atoms with E-state index in [-0.39, 0.29) is 17.8 Å². The molecule has 0 spiro atoms. The van der Waals surface area contributed by atoms with Crippen LogP contribution in [-0.4, -0.2) is 35.3 Å². The molecule has 0 saturated heterocycles. The van der Waals surface area contributed by atoms with E-state index in [0.29, 0.717) is 5.78 Å². The lowest BCUT2D eigenvalue weighted by Crippen LogP contribution is -2.29. The topological polar surface area (TPSA) is 90.0 Å². The molecule has 0 aliphatic heterocycles. The fourth-order valence-electron chi connectivity index (χ4n) is 2.14. The van der Waals surface area contributed by atoms with Gasteiger partial charge in [-0.25, -0.2) is 9.50 Å². The van der Waals surface area contributed by atoms with E-state index in [1.165, 1.54) is 4.52 Å². The molecule has 1 unspecified atom stereocenters. The number of aryl methyl sites for hydroxylation is 1. The van der Waals surface area contributed by atoms with Crippen LogP contribution in [0.4, 0.5) is 0 Å². The average Bonchev–Trinajstić information content (AvgIpc) is 3.13. The van der Waals surface area contributed by atoms with Crippen molar-refractivity contribution in [2.45, 2.75) is 26.4 Å². The van der Waals surface area contributed by atoms with Gasteiger partial charge < -0.3 is 5.32 Å². The molecule has 3 rings (SSSR count). The van der Waals surface area contributed by atoms with Gasteiger partial charge in [-0.3, -0.25) is 9.48 Å². The van der Waals surface area contributed by atoms with Gasteiger partial charge in [0.1, 0.15) is 0 Å². The number of hydrogen-bond acceptors (Lipinski definition) is 5. The smallest absolute Gasteiger partial charge is 0.291 e. The van der Waals surface area contributed by atoms with E-state index in [4.69, 9.17) is 0 Å². The first-order valence-electron chi connectivity index (χ1n) is 6.69. The zero-order valence-corrected chi connectivity index (χ0v) is 11.8. The predicted molar refractivity (Wildman–Crippen MR) is 74.6 cm³/mol. The largest absolute Gasteiger partial charge is 0.341 e. The summed E-state index contributed by atoms with van der Waals surface area (Å²) in [6, 6.07) is 3.43. The first-order chi connectivity index (χ1) is 10.2. The first-order valence-corrected chi connectivity index (χ1v) is 6.69. The molecule has 1 atom stereocenters. The summed E-state index contributed by atoms with van der Waals surface area (Å²) in [6.07, 6.45) is 5.02. The van der Waals surface area contributed by atoms with Gasteiger partial charge in [-0.05, 0) is 26.0 Å². The number of carbonyl (C=O) groups is 1. The lowest BCUT2D eigenvalue weighted by molar-refractivity contribution is 0.0928. The van der Waals surface area contributed by atoms with Crippen molar-refractivity contribution in [3.63, 3.8) is 0 Å². The molecule has 0 aliphatic rings. The normalized spacial score (nSPS) is 12.5. The Morgan fingerprint density at radius 3 is 3.05 bits per heavy atom. The number of amides is 1. The Morgan fingerprint density at radius 1 is 1.43 bits per heavy atom. The highest BCUT2D eigenvalue weighted by Gasteiger charge is 2.18. The first kappa shape index (κ1) is 13.2. The number of nitrogens with zero attached hydrogens (tertiary/aromatic N) is 6. The maximum atomic E-state index is 12.2. The third-order valence-corrected chi connectivity index (χ3v) is 3.16. The standard InChI is InChI=1S/C13H15N7O/c1-3-19-10(5-7-15-19)9(2)16-12(21)11-17-13-14-6-4-8-20(13)18-11/h4-9H,3H2,1-2H3,(H,16,21). The van der Waals surface area contributed by atoms with Crippen LogP contribution < -0.4 is 5.32 Å². The monoisotopic (exact) mass is 285 g/mol. The minimum absolute atomic E-state index is 0.100. The quantitative estimate of drug-likeness (QED) is 0.767. The van der Waals surface area contributed by atoms with Gasteiger partial charge in [-0.2, -0.15) is 10.1 Å². The maximum absolute atomic E-state index is 12.2. The second kappa shape index (κ2) is 5.31. The van der Waals surface area contributed by atoms with Crippen LogP contribution in [-0.2, 0) is 6.54 Å². The summed E-state index contributed by atoms with van der Waals surface area (Å²) in [5, 5.41) is 11.2. The molecular weight excluding hydrogens is 270 g/mol. The molecule has 0 bridgehead atoms. The van der Waals surface area contributed by atoms with E-state index < -0.39 is 0 Å². The van der Waals surface area contributed by atoms with Crippen LogP contribution in [0, 0.1) is 0 Å². The Kier molecular flexibility index (Phi) is 3.35.